The molecule has 1 heterocycles. The van der Waals surface area contributed by atoms with E-state index in [9.17, 15) is 4.79 Å². The molecule has 0 unspecified atom stereocenters. The molecule has 0 saturated heterocycles. The molecule has 1 aliphatic carbocycles. The van der Waals surface area contributed by atoms with Crippen LogP contribution in [0.25, 0.3) is 11.3 Å². The molecule has 1 aromatic heterocycles. The average Bonchev–Trinajstić information content (AvgIpc) is 3.13. The normalized spacial score (nSPS) is 14.8. The summed E-state index contributed by atoms with van der Waals surface area (Å²) in [5, 5.41) is 0. The largest absolute Gasteiger partial charge is 0.399 e. The van der Waals surface area contributed by atoms with Crippen molar-refractivity contribution in [1.29, 1.82) is 0 Å². The number of aromatic nitrogens is 1. The maximum Gasteiger partial charge on any atom is 0.253 e. The quantitative estimate of drug-likeness (QED) is 0.855. The Hall–Kier alpha value is -2.03. The van der Waals surface area contributed by atoms with Gasteiger partial charge in [-0.3, -0.25) is 4.79 Å². The summed E-state index contributed by atoms with van der Waals surface area (Å²) in [5.41, 5.74) is 8.29. The SMILES string of the molecule is Nc1cc(-c2ccccc2)n(C2CC2)c(=O)c1. The van der Waals surface area contributed by atoms with Crippen LogP contribution in [0, 0.1) is 0 Å². The molecule has 0 bridgehead atoms. The third kappa shape index (κ3) is 1.84. The molecule has 1 saturated carbocycles. The van der Waals surface area contributed by atoms with Gasteiger partial charge in [0.2, 0.25) is 0 Å². The molecule has 0 amide bonds. The van der Waals surface area contributed by atoms with Gasteiger partial charge in [0.15, 0.2) is 0 Å². The Balaban J connectivity index is 2.24. The summed E-state index contributed by atoms with van der Waals surface area (Å²) in [6.45, 7) is 0. The van der Waals surface area contributed by atoms with E-state index in [0.717, 1.165) is 24.1 Å². The molecule has 86 valence electrons. The smallest absolute Gasteiger partial charge is 0.253 e. The van der Waals surface area contributed by atoms with Crippen LogP contribution in [0.1, 0.15) is 18.9 Å². The van der Waals surface area contributed by atoms with Crippen molar-refractivity contribution in [1.82, 2.24) is 4.57 Å². The summed E-state index contributed by atoms with van der Waals surface area (Å²) in [5.74, 6) is 0. The number of hydrogen-bond donors (Lipinski definition) is 1. The lowest BCUT2D eigenvalue weighted by Crippen LogP contribution is -2.20. The van der Waals surface area contributed by atoms with Gasteiger partial charge in [0, 0.05) is 17.8 Å². The van der Waals surface area contributed by atoms with Crippen molar-refractivity contribution in [3.05, 3.63) is 52.8 Å². The van der Waals surface area contributed by atoms with E-state index in [-0.39, 0.29) is 5.56 Å². The standard InChI is InChI=1S/C14H14N2O/c15-11-8-13(10-4-2-1-3-5-10)16(12-6-7-12)14(17)9-11/h1-5,8-9,12H,6-7,15H2. The molecule has 3 heteroatoms. The maximum absolute atomic E-state index is 12.0. The fraction of sp³-hybridized carbons (Fsp3) is 0.214. The molecule has 17 heavy (non-hydrogen) atoms. The van der Waals surface area contributed by atoms with Crippen LogP contribution in [0.4, 0.5) is 5.69 Å². The van der Waals surface area contributed by atoms with E-state index in [1.165, 1.54) is 6.07 Å². The minimum atomic E-state index is 0.00588. The highest BCUT2D eigenvalue weighted by molar-refractivity contribution is 5.63. The highest BCUT2D eigenvalue weighted by Crippen LogP contribution is 2.37. The first kappa shape index (κ1) is 10.1. The number of pyridine rings is 1. The number of benzene rings is 1. The maximum atomic E-state index is 12.0. The van der Waals surface area contributed by atoms with Gasteiger partial charge in [-0.25, -0.2) is 0 Å². The van der Waals surface area contributed by atoms with Crippen LogP contribution < -0.4 is 11.3 Å². The Bertz CT molecular complexity index is 597. The Morgan fingerprint density at radius 1 is 1.12 bits per heavy atom. The molecule has 3 rings (SSSR count). The zero-order valence-corrected chi connectivity index (χ0v) is 9.47. The number of anilines is 1. The first-order valence-corrected chi connectivity index (χ1v) is 5.83. The Morgan fingerprint density at radius 3 is 2.47 bits per heavy atom. The zero-order valence-electron chi connectivity index (χ0n) is 9.47. The van der Waals surface area contributed by atoms with Crippen LogP contribution >= 0.6 is 0 Å². The second kappa shape index (κ2) is 3.77. The molecule has 1 fully saturated rings. The monoisotopic (exact) mass is 226 g/mol. The molecule has 1 aromatic carbocycles. The molecule has 0 aliphatic heterocycles. The number of rotatable bonds is 2. The van der Waals surface area contributed by atoms with Crippen LogP contribution in [0.5, 0.6) is 0 Å². The van der Waals surface area contributed by atoms with Crippen molar-refractivity contribution in [2.24, 2.45) is 0 Å². The molecule has 1 aliphatic rings. The van der Waals surface area contributed by atoms with Crippen LogP contribution in [0.15, 0.2) is 47.3 Å². The van der Waals surface area contributed by atoms with Crippen LogP contribution in [-0.4, -0.2) is 4.57 Å². The highest BCUT2D eigenvalue weighted by Gasteiger charge is 2.27. The van der Waals surface area contributed by atoms with E-state index in [1.807, 2.05) is 41.0 Å². The van der Waals surface area contributed by atoms with E-state index >= 15 is 0 Å². The number of hydrogen-bond acceptors (Lipinski definition) is 2. The summed E-state index contributed by atoms with van der Waals surface area (Å²) in [4.78, 5) is 12.0. The zero-order chi connectivity index (χ0) is 11.8. The minimum Gasteiger partial charge on any atom is -0.399 e. The Labute approximate surface area is 99.5 Å². The van der Waals surface area contributed by atoms with Crippen LogP contribution in [0.3, 0.4) is 0 Å². The van der Waals surface area contributed by atoms with E-state index in [2.05, 4.69) is 0 Å². The van der Waals surface area contributed by atoms with Crippen LogP contribution in [0.2, 0.25) is 0 Å². The third-order valence-electron chi connectivity index (χ3n) is 3.07. The predicted octanol–water partition coefficient (Wildman–Crippen LogP) is 2.43. The first-order chi connectivity index (χ1) is 8.25. The summed E-state index contributed by atoms with van der Waals surface area (Å²) < 4.78 is 1.87. The van der Waals surface area contributed by atoms with E-state index in [1.54, 1.807) is 0 Å². The van der Waals surface area contributed by atoms with Gasteiger partial charge in [-0.15, -0.1) is 0 Å². The van der Waals surface area contributed by atoms with Crippen molar-refractivity contribution in [2.45, 2.75) is 18.9 Å². The van der Waals surface area contributed by atoms with Crippen LogP contribution in [-0.2, 0) is 0 Å². The van der Waals surface area contributed by atoms with Gasteiger partial charge in [0.25, 0.3) is 5.56 Å². The molecular weight excluding hydrogens is 212 g/mol. The van der Waals surface area contributed by atoms with Gasteiger partial charge in [-0.1, -0.05) is 30.3 Å². The summed E-state index contributed by atoms with van der Waals surface area (Å²) in [7, 11) is 0. The molecule has 2 aromatic rings. The van der Waals surface area contributed by atoms with Crippen molar-refractivity contribution in [2.75, 3.05) is 5.73 Å². The predicted molar refractivity (Wildman–Crippen MR) is 68.8 cm³/mol. The van der Waals surface area contributed by atoms with Crippen molar-refractivity contribution in [3.8, 4) is 11.3 Å². The summed E-state index contributed by atoms with van der Waals surface area (Å²) >= 11 is 0. The minimum absolute atomic E-state index is 0.00588. The van der Waals surface area contributed by atoms with Gasteiger partial charge >= 0.3 is 0 Å². The van der Waals surface area contributed by atoms with E-state index in [0.29, 0.717) is 11.7 Å². The topological polar surface area (TPSA) is 48.0 Å². The number of nitrogens with two attached hydrogens (primary N) is 1. The average molecular weight is 226 g/mol. The second-order valence-electron chi connectivity index (χ2n) is 4.48. The lowest BCUT2D eigenvalue weighted by atomic mass is 10.1. The van der Waals surface area contributed by atoms with Crippen molar-refractivity contribution in [3.63, 3.8) is 0 Å². The molecular formula is C14H14N2O. The Morgan fingerprint density at radius 2 is 1.82 bits per heavy atom. The molecule has 2 N–H and O–H groups in total. The first-order valence-electron chi connectivity index (χ1n) is 5.83. The fourth-order valence-corrected chi connectivity index (χ4v) is 2.14. The summed E-state index contributed by atoms with van der Waals surface area (Å²) in [6, 6.07) is 13.7. The van der Waals surface area contributed by atoms with Gasteiger partial charge < -0.3 is 10.3 Å². The van der Waals surface area contributed by atoms with Gasteiger partial charge in [-0.05, 0) is 24.5 Å². The van der Waals surface area contributed by atoms with Crippen molar-refractivity contribution >= 4 is 5.69 Å². The lowest BCUT2D eigenvalue weighted by Gasteiger charge is -2.12. The highest BCUT2D eigenvalue weighted by atomic mass is 16.1. The second-order valence-corrected chi connectivity index (χ2v) is 4.48. The third-order valence-corrected chi connectivity index (χ3v) is 3.07. The molecule has 0 radical (unpaired) electrons. The molecule has 0 atom stereocenters. The van der Waals surface area contributed by atoms with E-state index in [4.69, 9.17) is 5.73 Å². The van der Waals surface area contributed by atoms with Gasteiger partial charge in [0.1, 0.15) is 0 Å². The Kier molecular flexibility index (Phi) is 2.25. The molecule has 3 nitrogen and oxygen atoms in total. The van der Waals surface area contributed by atoms with E-state index < -0.39 is 0 Å². The fourth-order valence-electron chi connectivity index (χ4n) is 2.14. The molecule has 0 spiro atoms. The number of nitrogen functional groups attached to an aromatic ring is 1. The number of nitrogens with zero attached hydrogens (tertiary/aromatic N) is 1. The van der Waals surface area contributed by atoms with Gasteiger partial charge in [-0.2, -0.15) is 0 Å². The van der Waals surface area contributed by atoms with Gasteiger partial charge in [0.05, 0.1) is 5.69 Å². The lowest BCUT2D eigenvalue weighted by molar-refractivity contribution is 0.717. The van der Waals surface area contributed by atoms with Crippen molar-refractivity contribution < 1.29 is 0 Å². The summed E-state index contributed by atoms with van der Waals surface area (Å²) in [6.07, 6.45) is 2.17.